The summed E-state index contributed by atoms with van der Waals surface area (Å²) < 4.78 is 24.7. The number of nitrogens with zero attached hydrogens (tertiary/aromatic N) is 3. The standard InChI is InChI=1S/C27H32FN3O4/c1-26(2,3)35-25(33)31-23(18-34-27(31,4)5)13-8-19-6-11-21(12-7-19)29-16-17-30(24(29)32)22-14-9-20(28)10-15-22/h6-15,23H,16-18H2,1-5H3/b13-8+/t23-/m0/s1. The van der Waals surface area contributed by atoms with Crippen molar-refractivity contribution in [3.63, 3.8) is 0 Å². The molecule has 7 nitrogen and oxygen atoms in total. The smallest absolute Gasteiger partial charge is 0.413 e. The minimum atomic E-state index is -0.770. The number of anilines is 2. The number of rotatable bonds is 4. The minimum Gasteiger partial charge on any atom is -0.444 e. The van der Waals surface area contributed by atoms with Gasteiger partial charge in [0.1, 0.15) is 17.1 Å². The summed E-state index contributed by atoms with van der Waals surface area (Å²) in [5.74, 6) is -0.331. The summed E-state index contributed by atoms with van der Waals surface area (Å²) in [6.07, 6.45) is 3.46. The first kappa shape index (κ1) is 24.7. The zero-order valence-corrected chi connectivity index (χ0v) is 20.8. The van der Waals surface area contributed by atoms with Gasteiger partial charge in [0.2, 0.25) is 0 Å². The van der Waals surface area contributed by atoms with E-state index >= 15 is 0 Å². The number of halogens is 1. The van der Waals surface area contributed by atoms with Crippen molar-refractivity contribution in [2.75, 3.05) is 29.5 Å². The highest BCUT2D eigenvalue weighted by atomic mass is 19.1. The molecule has 2 aliphatic heterocycles. The summed E-state index contributed by atoms with van der Waals surface area (Å²) in [6.45, 7) is 10.7. The molecule has 2 saturated heterocycles. The molecule has 3 amide bonds. The predicted molar refractivity (Wildman–Crippen MR) is 134 cm³/mol. The summed E-state index contributed by atoms with van der Waals surface area (Å²) in [4.78, 5) is 30.7. The zero-order chi connectivity index (χ0) is 25.4. The molecular weight excluding hydrogens is 449 g/mol. The molecule has 0 saturated carbocycles. The van der Waals surface area contributed by atoms with Gasteiger partial charge in [-0.05, 0) is 76.6 Å². The Kier molecular flexibility index (Phi) is 6.60. The van der Waals surface area contributed by atoms with Gasteiger partial charge >= 0.3 is 12.1 Å². The Morgan fingerprint density at radius 1 is 1.03 bits per heavy atom. The van der Waals surface area contributed by atoms with E-state index in [9.17, 15) is 14.0 Å². The van der Waals surface area contributed by atoms with E-state index < -0.39 is 17.4 Å². The number of urea groups is 1. The van der Waals surface area contributed by atoms with Crippen LogP contribution in [0, 0.1) is 5.82 Å². The van der Waals surface area contributed by atoms with E-state index in [1.807, 2.05) is 71.0 Å². The molecule has 8 heteroatoms. The van der Waals surface area contributed by atoms with Crippen LogP contribution >= 0.6 is 0 Å². The maximum atomic E-state index is 13.2. The van der Waals surface area contributed by atoms with Crippen molar-refractivity contribution >= 4 is 29.6 Å². The van der Waals surface area contributed by atoms with Gasteiger partial charge in [0.25, 0.3) is 0 Å². The molecule has 0 N–H and O–H groups in total. The number of amides is 3. The second-order valence-corrected chi connectivity index (χ2v) is 10.2. The predicted octanol–water partition coefficient (Wildman–Crippen LogP) is 5.66. The number of ether oxygens (including phenoxy) is 2. The van der Waals surface area contributed by atoms with Gasteiger partial charge in [0.05, 0.1) is 12.6 Å². The van der Waals surface area contributed by atoms with Crippen molar-refractivity contribution in [2.45, 2.75) is 52.0 Å². The first-order valence-corrected chi connectivity index (χ1v) is 11.7. The second-order valence-electron chi connectivity index (χ2n) is 10.2. The Bertz CT molecular complexity index is 1110. The number of hydrogen-bond donors (Lipinski definition) is 0. The lowest BCUT2D eigenvalue weighted by Gasteiger charge is -2.34. The van der Waals surface area contributed by atoms with E-state index in [0.29, 0.717) is 25.4 Å². The van der Waals surface area contributed by atoms with Crippen molar-refractivity contribution in [1.29, 1.82) is 0 Å². The van der Waals surface area contributed by atoms with Gasteiger partial charge in [-0.3, -0.25) is 14.7 Å². The second kappa shape index (κ2) is 9.34. The van der Waals surface area contributed by atoms with E-state index in [-0.39, 0.29) is 17.9 Å². The van der Waals surface area contributed by atoms with Crippen LogP contribution in [0.15, 0.2) is 54.6 Å². The van der Waals surface area contributed by atoms with Gasteiger partial charge in [0, 0.05) is 24.5 Å². The third kappa shape index (κ3) is 5.48. The van der Waals surface area contributed by atoms with E-state index in [0.717, 1.165) is 11.3 Å². The molecular formula is C27H32FN3O4. The van der Waals surface area contributed by atoms with Crippen molar-refractivity contribution in [2.24, 2.45) is 0 Å². The zero-order valence-electron chi connectivity index (χ0n) is 20.8. The fourth-order valence-corrected chi connectivity index (χ4v) is 4.27. The van der Waals surface area contributed by atoms with Crippen LogP contribution in [0.2, 0.25) is 0 Å². The van der Waals surface area contributed by atoms with Crippen LogP contribution in [0.4, 0.5) is 25.4 Å². The number of carbonyl (C=O) groups excluding carboxylic acids is 2. The van der Waals surface area contributed by atoms with Gasteiger partial charge in [-0.15, -0.1) is 0 Å². The van der Waals surface area contributed by atoms with Gasteiger partial charge in [-0.1, -0.05) is 24.3 Å². The Hall–Kier alpha value is -3.39. The molecule has 186 valence electrons. The van der Waals surface area contributed by atoms with Crippen molar-refractivity contribution in [1.82, 2.24) is 4.90 Å². The molecule has 35 heavy (non-hydrogen) atoms. The monoisotopic (exact) mass is 481 g/mol. The SMILES string of the molecule is CC(C)(C)OC(=O)N1[C@@H](/C=C/c2ccc(N3CCN(c4ccc(F)cc4)C3=O)cc2)COC1(C)C. The lowest BCUT2D eigenvalue weighted by atomic mass is 10.1. The topological polar surface area (TPSA) is 62.3 Å². The molecule has 2 heterocycles. The lowest BCUT2D eigenvalue weighted by Crippen LogP contribution is -2.49. The quantitative estimate of drug-likeness (QED) is 0.566. The molecule has 0 aromatic heterocycles. The normalized spacial score (nSPS) is 20.2. The molecule has 2 fully saturated rings. The highest BCUT2D eigenvalue weighted by Crippen LogP contribution is 2.31. The first-order valence-electron chi connectivity index (χ1n) is 11.7. The van der Waals surface area contributed by atoms with E-state index in [1.54, 1.807) is 26.8 Å². The highest BCUT2D eigenvalue weighted by Gasteiger charge is 2.44. The Morgan fingerprint density at radius 2 is 1.57 bits per heavy atom. The maximum absolute atomic E-state index is 13.2. The van der Waals surface area contributed by atoms with E-state index in [4.69, 9.17) is 9.47 Å². The van der Waals surface area contributed by atoms with Crippen LogP contribution in [0.3, 0.4) is 0 Å². The molecule has 2 aromatic rings. The molecule has 0 spiro atoms. The van der Waals surface area contributed by atoms with Crippen LogP contribution in [0.25, 0.3) is 6.08 Å². The first-order chi connectivity index (χ1) is 16.4. The molecule has 4 rings (SSSR count). The summed E-state index contributed by atoms with van der Waals surface area (Å²) in [7, 11) is 0. The van der Waals surface area contributed by atoms with Crippen molar-refractivity contribution in [3.05, 3.63) is 66.0 Å². The average Bonchev–Trinajstić information content (AvgIpc) is 3.31. The van der Waals surface area contributed by atoms with Gasteiger partial charge in [-0.2, -0.15) is 0 Å². The molecule has 0 aliphatic carbocycles. The fraction of sp³-hybridized carbons (Fsp3) is 0.407. The molecule has 2 aliphatic rings. The maximum Gasteiger partial charge on any atom is 0.413 e. The lowest BCUT2D eigenvalue weighted by molar-refractivity contribution is -0.0610. The number of carbonyl (C=O) groups is 2. The van der Waals surface area contributed by atoms with Crippen LogP contribution in [0.5, 0.6) is 0 Å². The molecule has 0 bridgehead atoms. The molecule has 0 unspecified atom stereocenters. The molecule has 2 aromatic carbocycles. The summed E-state index contributed by atoms with van der Waals surface area (Å²) in [6, 6.07) is 13.2. The van der Waals surface area contributed by atoms with Crippen LogP contribution in [-0.4, -0.2) is 54.1 Å². The van der Waals surface area contributed by atoms with Gasteiger partial charge < -0.3 is 9.47 Å². The summed E-state index contributed by atoms with van der Waals surface area (Å²) >= 11 is 0. The van der Waals surface area contributed by atoms with Crippen LogP contribution < -0.4 is 9.80 Å². The third-order valence-corrected chi connectivity index (χ3v) is 5.97. The van der Waals surface area contributed by atoms with Gasteiger partial charge in [-0.25, -0.2) is 14.0 Å². The molecule has 1 atom stereocenters. The Morgan fingerprint density at radius 3 is 2.11 bits per heavy atom. The van der Waals surface area contributed by atoms with Crippen LogP contribution in [0.1, 0.15) is 40.2 Å². The van der Waals surface area contributed by atoms with E-state index in [1.165, 1.54) is 12.1 Å². The van der Waals surface area contributed by atoms with E-state index in [2.05, 4.69) is 0 Å². The highest BCUT2D eigenvalue weighted by molar-refractivity contribution is 6.06. The van der Waals surface area contributed by atoms with Gasteiger partial charge in [0.15, 0.2) is 0 Å². The number of benzene rings is 2. The van der Waals surface area contributed by atoms with Crippen molar-refractivity contribution < 1.29 is 23.5 Å². The molecule has 0 radical (unpaired) electrons. The Balaban J connectivity index is 1.43. The van der Waals surface area contributed by atoms with Crippen LogP contribution in [-0.2, 0) is 9.47 Å². The summed E-state index contributed by atoms with van der Waals surface area (Å²) in [5, 5.41) is 0. The third-order valence-electron chi connectivity index (χ3n) is 5.97. The van der Waals surface area contributed by atoms with Crippen molar-refractivity contribution in [3.8, 4) is 0 Å². The minimum absolute atomic E-state index is 0.141. The largest absolute Gasteiger partial charge is 0.444 e. The fourth-order valence-electron chi connectivity index (χ4n) is 4.27. The summed E-state index contributed by atoms with van der Waals surface area (Å²) in [5.41, 5.74) is 1.03. The number of hydrogen-bond acceptors (Lipinski definition) is 4. The Labute approximate surface area is 205 Å². The average molecular weight is 482 g/mol.